The Morgan fingerprint density at radius 1 is 1.19 bits per heavy atom. The molecule has 0 aliphatic carbocycles. The van der Waals surface area contributed by atoms with Crippen molar-refractivity contribution in [2.45, 2.75) is 20.4 Å². The Bertz CT molecular complexity index is 638. The van der Waals surface area contributed by atoms with Gasteiger partial charge >= 0.3 is 0 Å². The summed E-state index contributed by atoms with van der Waals surface area (Å²) in [7, 11) is 0. The van der Waals surface area contributed by atoms with Crippen molar-refractivity contribution in [2.24, 2.45) is 5.73 Å². The van der Waals surface area contributed by atoms with Gasteiger partial charge in [0.25, 0.3) is 5.91 Å². The lowest BCUT2D eigenvalue weighted by Gasteiger charge is -2.10. The average molecular weight is 284 g/mol. The van der Waals surface area contributed by atoms with E-state index in [1.165, 1.54) is 5.56 Å². The molecule has 0 spiro atoms. The first-order valence-electron chi connectivity index (χ1n) is 6.87. The molecule has 3 N–H and O–H groups in total. The van der Waals surface area contributed by atoms with Gasteiger partial charge in [-0.15, -0.1) is 0 Å². The maximum Gasteiger partial charge on any atom is 0.262 e. The summed E-state index contributed by atoms with van der Waals surface area (Å²) in [4.78, 5) is 11.9. The molecular formula is C17H20N2O2. The molecule has 4 heteroatoms. The summed E-state index contributed by atoms with van der Waals surface area (Å²) < 4.78 is 5.55. The van der Waals surface area contributed by atoms with E-state index in [0.29, 0.717) is 6.54 Å². The first-order chi connectivity index (χ1) is 10.1. The van der Waals surface area contributed by atoms with Gasteiger partial charge in [0, 0.05) is 12.2 Å². The molecule has 0 fully saturated rings. The number of nitrogens with one attached hydrogen (secondary N) is 1. The van der Waals surface area contributed by atoms with Crippen LogP contribution in [0.4, 0.5) is 5.69 Å². The maximum atomic E-state index is 11.9. The third kappa shape index (κ3) is 4.33. The van der Waals surface area contributed by atoms with E-state index in [-0.39, 0.29) is 12.5 Å². The van der Waals surface area contributed by atoms with Gasteiger partial charge in [-0.05, 0) is 43.2 Å². The van der Waals surface area contributed by atoms with Crippen molar-refractivity contribution >= 4 is 11.6 Å². The van der Waals surface area contributed by atoms with E-state index >= 15 is 0 Å². The quantitative estimate of drug-likeness (QED) is 0.887. The maximum absolute atomic E-state index is 11.9. The Labute approximate surface area is 124 Å². The van der Waals surface area contributed by atoms with Crippen LogP contribution in [0.1, 0.15) is 16.7 Å². The second kappa shape index (κ2) is 6.90. The number of benzene rings is 2. The zero-order chi connectivity index (χ0) is 15.2. The van der Waals surface area contributed by atoms with Crippen molar-refractivity contribution in [1.82, 2.24) is 0 Å². The number of nitrogens with two attached hydrogens (primary N) is 1. The minimum absolute atomic E-state index is 0.0171. The van der Waals surface area contributed by atoms with Crippen molar-refractivity contribution in [2.75, 3.05) is 11.9 Å². The van der Waals surface area contributed by atoms with Crippen LogP contribution in [0.15, 0.2) is 42.5 Å². The second-order valence-electron chi connectivity index (χ2n) is 5.01. The molecule has 0 bridgehead atoms. The highest BCUT2D eigenvalue weighted by molar-refractivity contribution is 5.91. The number of rotatable bonds is 5. The number of carbonyl (C=O) groups is 1. The first kappa shape index (κ1) is 15.1. The van der Waals surface area contributed by atoms with E-state index in [1.807, 2.05) is 56.3 Å². The minimum atomic E-state index is -0.191. The fraction of sp³-hybridized carbons (Fsp3) is 0.235. The topological polar surface area (TPSA) is 64.3 Å². The Hall–Kier alpha value is -2.33. The molecule has 0 aromatic heterocycles. The van der Waals surface area contributed by atoms with E-state index in [4.69, 9.17) is 10.5 Å². The third-order valence-electron chi connectivity index (χ3n) is 3.14. The summed E-state index contributed by atoms with van der Waals surface area (Å²) >= 11 is 0. The molecule has 2 rings (SSSR count). The monoisotopic (exact) mass is 284 g/mol. The molecule has 0 saturated carbocycles. The molecule has 1 amide bonds. The normalized spacial score (nSPS) is 10.2. The summed E-state index contributed by atoms with van der Waals surface area (Å²) in [6.45, 7) is 4.42. The standard InChI is InChI=1S/C17H20N2O2/c1-12-6-7-16(13(2)8-12)21-11-17(20)19-15-5-3-4-14(9-15)10-18/h3-9H,10-11,18H2,1-2H3,(H,19,20). The average Bonchev–Trinajstić information content (AvgIpc) is 2.46. The smallest absolute Gasteiger partial charge is 0.262 e. The number of anilines is 1. The van der Waals surface area contributed by atoms with E-state index in [1.54, 1.807) is 0 Å². The molecule has 110 valence electrons. The SMILES string of the molecule is Cc1ccc(OCC(=O)Nc2cccc(CN)c2)c(C)c1. The van der Waals surface area contributed by atoms with Gasteiger partial charge in [0.05, 0.1) is 0 Å². The number of hydrogen-bond acceptors (Lipinski definition) is 3. The van der Waals surface area contributed by atoms with Gasteiger partial charge in [-0.2, -0.15) is 0 Å². The zero-order valence-corrected chi connectivity index (χ0v) is 12.3. The van der Waals surface area contributed by atoms with Crippen LogP contribution < -0.4 is 15.8 Å². The van der Waals surface area contributed by atoms with Crippen LogP contribution in [-0.2, 0) is 11.3 Å². The molecular weight excluding hydrogens is 264 g/mol. The Balaban J connectivity index is 1.92. The van der Waals surface area contributed by atoms with Crippen molar-refractivity contribution in [3.8, 4) is 5.75 Å². The largest absolute Gasteiger partial charge is 0.483 e. The minimum Gasteiger partial charge on any atom is -0.483 e. The molecule has 21 heavy (non-hydrogen) atoms. The predicted molar refractivity (Wildman–Crippen MR) is 84.4 cm³/mol. The van der Waals surface area contributed by atoms with Gasteiger partial charge < -0.3 is 15.8 Å². The van der Waals surface area contributed by atoms with E-state index in [0.717, 1.165) is 22.6 Å². The Kier molecular flexibility index (Phi) is 4.95. The Morgan fingerprint density at radius 3 is 2.71 bits per heavy atom. The molecule has 0 aliphatic heterocycles. The number of amides is 1. The summed E-state index contributed by atoms with van der Waals surface area (Å²) in [5.74, 6) is 0.538. The number of carbonyl (C=O) groups excluding carboxylic acids is 1. The molecule has 2 aromatic carbocycles. The van der Waals surface area contributed by atoms with E-state index in [2.05, 4.69) is 5.32 Å². The lowest BCUT2D eigenvalue weighted by atomic mass is 10.1. The molecule has 0 atom stereocenters. The molecule has 0 saturated heterocycles. The van der Waals surface area contributed by atoms with Crippen LogP contribution in [0.3, 0.4) is 0 Å². The lowest BCUT2D eigenvalue weighted by molar-refractivity contribution is -0.118. The highest BCUT2D eigenvalue weighted by Gasteiger charge is 2.06. The van der Waals surface area contributed by atoms with Gasteiger partial charge in [-0.25, -0.2) is 0 Å². The van der Waals surface area contributed by atoms with Crippen LogP contribution >= 0.6 is 0 Å². The summed E-state index contributed by atoms with van der Waals surface area (Å²) in [5, 5.41) is 2.80. The van der Waals surface area contributed by atoms with Crippen LogP contribution in [-0.4, -0.2) is 12.5 Å². The molecule has 0 aliphatic rings. The predicted octanol–water partition coefficient (Wildman–Crippen LogP) is 2.78. The van der Waals surface area contributed by atoms with Crippen molar-refractivity contribution in [3.63, 3.8) is 0 Å². The molecule has 4 nitrogen and oxygen atoms in total. The van der Waals surface area contributed by atoms with Crippen molar-refractivity contribution in [3.05, 3.63) is 59.2 Å². The highest BCUT2D eigenvalue weighted by Crippen LogP contribution is 2.18. The number of ether oxygens (including phenoxy) is 1. The van der Waals surface area contributed by atoms with Crippen LogP contribution in [0, 0.1) is 13.8 Å². The first-order valence-corrected chi connectivity index (χ1v) is 6.87. The fourth-order valence-corrected chi connectivity index (χ4v) is 2.08. The number of aryl methyl sites for hydroxylation is 2. The van der Waals surface area contributed by atoms with Crippen molar-refractivity contribution < 1.29 is 9.53 Å². The highest BCUT2D eigenvalue weighted by atomic mass is 16.5. The van der Waals surface area contributed by atoms with E-state index in [9.17, 15) is 4.79 Å². The van der Waals surface area contributed by atoms with Crippen molar-refractivity contribution in [1.29, 1.82) is 0 Å². The van der Waals surface area contributed by atoms with Gasteiger partial charge in [-0.1, -0.05) is 29.8 Å². The molecule has 0 radical (unpaired) electrons. The lowest BCUT2D eigenvalue weighted by Crippen LogP contribution is -2.20. The van der Waals surface area contributed by atoms with Crippen LogP contribution in [0.5, 0.6) is 5.75 Å². The fourth-order valence-electron chi connectivity index (χ4n) is 2.08. The number of hydrogen-bond donors (Lipinski definition) is 2. The summed E-state index contributed by atoms with van der Waals surface area (Å²) in [6, 6.07) is 13.3. The van der Waals surface area contributed by atoms with Gasteiger partial charge in [0.2, 0.25) is 0 Å². The molecule has 2 aromatic rings. The van der Waals surface area contributed by atoms with Gasteiger partial charge in [0.1, 0.15) is 5.75 Å². The zero-order valence-electron chi connectivity index (χ0n) is 12.3. The molecule has 0 unspecified atom stereocenters. The van der Waals surface area contributed by atoms with E-state index < -0.39 is 0 Å². The summed E-state index contributed by atoms with van der Waals surface area (Å²) in [5.41, 5.74) is 9.47. The van der Waals surface area contributed by atoms with Gasteiger partial charge in [0.15, 0.2) is 6.61 Å². The van der Waals surface area contributed by atoms with Crippen LogP contribution in [0.2, 0.25) is 0 Å². The Morgan fingerprint density at radius 2 is 2.00 bits per heavy atom. The third-order valence-corrected chi connectivity index (χ3v) is 3.14. The molecule has 0 heterocycles. The van der Waals surface area contributed by atoms with Crippen LogP contribution in [0.25, 0.3) is 0 Å². The van der Waals surface area contributed by atoms with Gasteiger partial charge in [-0.3, -0.25) is 4.79 Å². The second-order valence-corrected chi connectivity index (χ2v) is 5.01. The summed E-state index contributed by atoms with van der Waals surface area (Å²) in [6.07, 6.45) is 0.